The molecule has 0 fully saturated rings. The third-order valence-corrected chi connectivity index (χ3v) is 3.81. The first-order valence-electron chi connectivity index (χ1n) is 5.68. The molecular weight excluding hydrogens is 226 g/mol. The Labute approximate surface area is 107 Å². The average Bonchev–Trinajstić information content (AvgIpc) is 2.38. The SMILES string of the molecule is CSc1ccccc1C(N)c1ccccc1C. The Morgan fingerprint density at radius 3 is 2.18 bits per heavy atom. The molecule has 0 saturated carbocycles. The maximum atomic E-state index is 6.38. The van der Waals surface area contributed by atoms with Crippen LogP contribution in [-0.2, 0) is 0 Å². The zero-order chi connectivity index (χ0) is 12.3. The molecule has 0 aliphatic carbocycles. The minimum atomic E-state index is -0.0418. The van der Waals surface area contributed by atoms with Crippen LogP contribution in [0.15, 0.2) is 53.4 Å². The minimum absolute atomic E-state index is 0.0418. The lowest BCUT2D eigenvalue weighted by atomic mass is 9.96. The minimum Gasteiger partial charge on any atom is -0.320 e. The Kier molecular flexibility index (Phi) is 3.87. The zero-order valence-electron chi connectivity index (χ0n) is 10.2. The summed E-state index contributed by atoms with van der Waals surface area (Å²) in [6.07, 6.45) is 2.09. The summed E-state index contributed by atoms with van der Waals surface area (Å²) >= 11 is 1.74. The van der Waals surface area contributed by atoms with Crippen LogP contribution in [0.3, 0.4) is 0 Å². The van der Waals surface area contributed by atoms with Crippen LogP contribution in [0.4, 0.5) is 0 Å². The fourth-order valence-electron chi connectivity index (χ4n) is 2.03. The standard InChI is InChI=1S/C15H17NS/c1-11-7-3-4-8-12(11)15(16)13-9-5-6-10-14(13)17-2/h3-10,15H,16H2,1-2H3. The van der Waals surface area contributed by atoms with Crippen molar-refractivity contribution in [1.29, 1.82) is 0 Å². The molecule has 0 aliphatic heterocycles. The van der Waals surface area contributed by atoms with Gasteiger partial charge in [0.1, 0.15) is 0 Å². The van der Waals surface area contributed by atoms with Crippen LogP contribution in [0.2, 0.25) is 0 Å². The van der Waals surface area contributed by atoms with E-state index in [4.69, 9.17) is 5.73 Å². The predicted octanol–water partition coefficient (Wildman–Crippen LogP) is 3.77. The molecule has 1 nitrogen and oxygen atoms in total. The molecule has 17 heavy (non-hydrogen) atoms. The smallest absolute Gasteiger partial charge is 0.0565 e. The van der Waals surface area contributed by atoms with Crippen molar-refractivity contribution in [2.45, 2.75) is 17.9 Å². The van der Waals surface area contributed by atoms with Gasteiger partial charge in [0.25, 0.3) is 0 Å². The van der Waals surface area contributed by atoms with E-state index in [9.17, 15) is 0 Å². The number of hydrogen-bond donors (Lipinski definition) is 1. The van der Waals surface area contributed by atoms with Crippen molar-refractivity contribution < 1.29 is 0 Å². The van der Waals surface area contributed by atoms with Crippen LogP contribution in [0, 0.1) is 6.92 Å². The van der Waals surface area contributed by atoms with E-state index in [-0.39, 0.29) is 6.04 Å². The lowest BCUT2D eigenvalue weighted by Gasteiger charge is -2.17. The first kappa shape index (κ1) is 12.2. The van der Waals surface area contributed by atoms with Crippen molar-refractivity contribution in [2.75, 3.05) is 6.26 Å². The Morgan fingerprint density at radius 2 is 1.53 bits per heavy atom. The van der Waals surface area contributed by atoms with Gasteiger partial charge in [-0.1, -0.05) is 42.5 Å². The van der Waals surface area contributed by atoms with Gasteiger partial charge < -0.3 is 5.73 Å². The predicted molar refractivity (Wildman–Crippen MR) is 75.4 cm³/mol. The highest BCUT2D eigenvalue weighted by Crippen LogP contribution is 2.29. The van der Waals surface area contributed by atoms with E-state index < -0.39 is 0 Å². The van der Waals surface area contributed by atoms with Crippen molar-refractivity contribution in [1.82, 2.24) is 0 Å². The summed E-state index contributed by atoms with van der Waals surface area (Å²) in [5.74, 6) is 0. The normalized spacial score (nSPS) is 12.4. The van der Waals surface area contributed by atoms with Gasteiger partial charge in [-0.05, 0) is 35.9 Å². The second kappa shape index (κ2) is 5.39. The Balaban J connectivity index is 2.44. The molecule has 0 spiro atoms. The van der Waals surface area contributed by atoms with Gasteiger partial charge in [0.2, 0.25) is 0 Å². The third kappa shape index (κ3) is 2.54. The summed E-state index contributed by atoms with van der Waals surface area (Å²) in [7, 11) is 0. The van der Waals surface area contributed by atoms with Crippen LogP contribution < -0.4 is 5.73 Å². The topological polar surface area (TPSA) is 26.0 Å². The molecule has 2 N–H and O–H groups in total. The highest BCUT2D eigenvalue weighted by Gasteiger charge is 2.13. The molecule has 1 atom stereocenters. The second-order valence-corrected chi connectivity index (χ2v) is 4.92. The van der Waals surface area contributed by atoms with Gasteiger partial charge in [0.05, 0.1) is 6.04 Å². The Bertz CT molecular complexity index is 508. The molecule has 1 unspecified atom stereocenters. The summed E-state index contributed by atoms with van der Waals surface area (Å²) in [4.78, 5) is 1.25. The van der Waals surface area contributed by atoms with Crippen molar-refractivity contribution in [3.63, 3.8) is 0 Å². The molecule has 0 amide bonds. The fraction of sp³-hybridized carbons (Fsp3) is 0.200. The first-order chi connectivity index (χ1) is 8.24. The molecule has 0 bridgehead atoms. The lowest BCUT2D eigenvalue weighted by molar-refractivity contribution is 0.839. The fourth-order valence-corrected chi connectivity index (χ4v) is 2.67. The van der Waals surface area contributed by atoms with E-state index >= 15 is 0 Å². The molecule has 0 heterocycles. The van der Waals surface area contributed by atoms with Gasteiger partial charge in [0.15, 0.2) is 0 Å². The number of hydrogen-bond acceptors (Lipinski definition) is 2. The maximum Gasteiger partial charge on any atom is 0.0565 e. The van der Waals surface area contributed by atoms with Crippen LogP contribution in [-0.4, -0.2) is 6.26 Å². The van der Waals surface area contributed by atoms with E-state index in [1.54, 1.807) is 11.8 Å². The quantitative estimate of drug-likeness (QED) is 0.831. The molecule has 2 rings (SSSR count). The molecular formula is C15H17NS. The summed E-state index contributed by atoms with van der Waals surface area (Å²) in [5, 5.41) is 0. The van der Waals surface area contributed by atoms with Crippen molar-refractivity contribution in [3.8, 4) is 0 Å². The van der Waals surface area contributed by atoms with Gasteiger partial charge >= 0.3 is 0 Å². The zero-order valence-corrected chi connectivity index (χ0v) is 11.0. The van der Waals surface area contributed by atoms with Crippen LogP contribution in [0.5, 0.6) is 0 Å². The number of rotatable bonds is 3. The molecule has 0 radical (unpaired) electrons. The van der Waals surface area contributed by atoms with E-state index in [1.807, 2.05) is 18.2 Å². The van der Waals surface area contributed by atoms with Gasteiger partial charge in [0, 0.05) is 4.90 Å². The molecule has 2 aromatic rings. The average molecular weight is 243 g/mol. The molecule has 2 aromatic carbocycles. The van der Waals surface area contributed by atoms with Crippen molar-refractivity contribution >= 4 is 11.8 Å². The largest absolute Gasteiger partial charge is 0.320 e. The number of aryl methyl sites for hydroxylation is 1. The molecule has 0 saturated heterocycles. The van der Waals surface area contributed by atoms with Gasteiger partial charge in [-0.2, -0.15) is 0 Å². The van der Waals surface area contributed by atoms with E-state index in [0.717, 1.165) is 0 Å². The van der Waals surface area contributed by atoms with E-state index in [0.29, 0.717) is 0 Å². The Hall–Kier alpha value is -1.25. The second-order valence-electron chi connectivity index (χ2n) is 4.08. The Morgan fingerprint density at radius 1 is 0.941 bits per heavy atom. The van der Waals surface area contributed by atoms with E-state index in [2.05, 4.69) is 43.5 Å². The van der Waals surface area contributed by atoms with Crippen LogP contribution in [0.1, 0.15) is 22.7 Å². The molecule has 0 aliphatic rings. The molecule has 0 aromatic heterocycles. The number of benzene rings is 2. The summed E-state index contributed by atoms with van der Waals surface area (Å²) in [6, 6.07) is 16.6. The van der Waals surface area contributed by atoms with E-state index in [1.165, 1.54) is 21.6 Å². The van der Waals surface area contributed by atoms with Gasteiger partial charge in [-0.15, -0.1) is 11.8 Å². The van der Waals surface area contributed by atoms with Crippen molar-refractivity contribution in [3.05, 3.63) is 65.2 Å². The third-order valence-electron chi connectivity index (χ3n) is 3.00. The van der Waals surface area contributed by atoms with Crippen LogP contribution >= 0.6 is 11.8 Å². The summed E-state index contributed by atoms with van der Waals surface area (Å²) < 4.78 is 0. The number of thioether (sulfide) groups is 1. The summed E-state index contributed by atoms with van der Waals surface area (Å²) in [6.45, 7) is 2.11. The summed E-state index contributed by atoms with van der Waals surface area (Å²) in [5.41, 5.74) is 10.0. The van der Waals surface area contributed by atoms with Crippen molar-refractivity contribution in [2.24, 2.45) is 5.73 Å². The first-order valence-corrected chi connectivity index (χ1v) is 6.90. The van der Waals surface area contributed by atoms with Gasteiger partial charge in [-0.25, -0.2) is 0 Å². The maximum absolute atomic E-state index is 6.38. The van der Waals surface area contributed by atoms with Crippen LogP contribution in [0.25, 0.3) is 0 Å². The monoisotopic (exact) mass is 243 g/mol. The lowest BCUT2D eigenvalue weighted by Crippen LogP contribution is -2.14. The molecule has 88 valence electrons. The highest BCUT2D eigenvalue weighted by molar-refractivity contribution is 7.98. The molecule has 2 heteroatoms. The highest BCUT2D eigenvalue weighted by atomic mass is 32.2. The van der Waals surface area contributed by atoms with Gasteiger partial charge in [-0.3, -0.25) is 0 Å². The number of nitrogens with two attached hydrogens (primary N) is 1.